The van der Waals surface area contributed by atoms with Gasteiger partial charge in [0.05, 0.1) is 6.04 Å². The van der Waals surface area contributed by atoms with Crippen molar-refractivity contribution in [2.24, 2.45) is 0 Å². The van der Waals surface area contributed by atoms with E-state index in [1.807, 2.05) is 38.1 Å². The Hall–Kier alpha value is -1.75. The molecule has 0 aliphatic rings. The Morgan fingerprint density at radius 3 is 2.70 bits per heavy atom. The van der Waals surface area contributed by atoms with Crippen LogP contribution in [-0.2, 0) is 0 Å². The van der Waals surface area contributed by atoms with E-state index in [2.05, 4.69) is 26.2 Å². The molecule has 1 amide bonds. The number of aromatic nitrogens is 1. The van der Waals surface area contributed by atoms with Crippen LogP contribution in [0.2, 0.25) is 0 Å². The number of carbonyl (C=O) groups is 1. The first-order valence-corrected chi connectivity index (χ1v) is 7.18. The first kappa shape index (κ1) is 14.7. The van der Waals surface area contributed by atoms with Crippen molar-refractivity contribution in [3.63, 3.8) is 0 Å². The molecular weight excluding hydrogens is 320 g/mol. The van der Waals surface area contributed by atoms with Gasteiger partial charge in [0.2, 0.25) is 0 Å². The van der Waals surface area contributed by atoms with Crippen molar-refractivity contribution in [3.05, 3.63) is 52.3 Å². The topological polar surface area (TPSA) is 54.1 Å². The van der Waals surface area contributed by atoms with Gasteiger partial charge in [-0.25, -0.2) is 0 Å². The molecule has 20 heavy (non-hydrogen) atoms. The summed E-state index contributed by atoms with van der Waals surface area (Å²) in [6.45, 7) is 4.36. The molecular formula is C15H17BrN2O2. The van der Waals surface area contributed by atoms with Gasteiger partial charge in [-0.05, 0) is 48.0 Å². The highest BCUT2D eigenvalue weighted by Gasteiger charge is 2.11. The first-order chi connectivity index (χ1) is 9.54. The Labute approximate surface area is 126 Å². The van der Waals surface area contributed by atoms with E-state index in [4.69, 9.17) is 4.74 Å². The van der Waals surface area contributed by atoms with Crippen LogP contribution in [0.5, 0.6) is 5.75 Å². The summed E-state index contributed by atoms with van der Waals surface area (Å²) in [5, 5.41) is 2.88. The fourth-order valence-electron chi connectivity index (χ4n) is 1.70. The molecule has 1 aromatic heterocycles. The molecule has 0 aliphatic carbocycles. The number of aromatic amines is 1. The second-order valence-corrected chi connectivity index (χ2v) is 5.65. The minimum atomic E-state index is -0.143. The molecule has 0 bridgehead atoms. The number of rotatable bonds is 5. The van der Waals surface area contributed by atoms with Gasteiger partial charge < -0.3 is 15.0 Å². The van der Waals surface area contributed by atoms with Gasteiger partial charge in [-0.3, -0.25) is 4.79 Å². The smallest absolute Gasteiger partial charge is 0.268 e. The quantitative estimate of drug-likeness (QED) is 0.880. The lowest BCUT2D eigenvalue weighted by atomic mass is 10.2. The number of hydrogen-bond donors (Lipinski definition) is 2. The number of H-pyrrole nitrogens is 1. The van der Waals surface area contributed by atoms with Crippen LogP contribution in [0.4, 0.5) is 0 Å². The highest BCUT2D eigenvalue weighted by atomic mass is 79.9. The zero-order valence-corrected chi connectivity index (χ0v) is 13.0. The van der Waals surface area contributed by atoms with Crippen LogP contribution in [0.3, 0.4) is 0 Å². The second kappa shape index (κ2) is 6.61. The predicted molar refractivity (Wildman–Crippen MR) is 82.1 cm³/mol. The molecule has 1 unspecified atom stereocenters. The van der Waals surface area contributed by atoms with E-state index < -0.39 is 0 Å². The summed E-state index contributed by atoms with van der Waals surface area (Å²) in [5.74, 6) is 0.662. The van der Waals surface area contributed by atoms with E-state index in [9.17, 15) is 4.79 Å². The van der Waals surface area contributed by atoms with E-state index in [1.54, 1.807) is 12.3 Å². The standard InChI is InChI=1S/C15H17BrN2O2/c1-10-3-5-13(6-4-10)20-9-11(2)18-15(19)14-7-12(16)8-17-14/h3-8,11,17H,9H2,1-2H3,(H,18,19). The van der Waals surface area contributed by atoms with Crippen molar-refractivity contribution >= 4 is 21.8 Å². The summed E-state index contributed by atoms with van der Waals surface area (Å²) in [5.41, 5.74) is 1.72. The van der Waals surface area contributed by atoms with Crippen LogP contribution < -0.4 is 10.1 Å². The molecule has 0 aliphatic heterocycles. The first-order valence-electron chi connectivity index (χ1n) is 6.39. The molecule has 4 nitrogen and oxygen atoms in total. The molecule has 0 saturated heterocycles. The normalized spacial score (nSPS) is 11.9. The molecule has 0 radical (unpaired) electrons. The fourth-order valence-corrected chi connectivity index (χ4v) is 2.04. The van der Waals surface area contributed by atoms with Gasteiger partial charge in [0.15, 0.2) is 0 Å². The maximum Gasteiger partial charge on any atom is 0.268 e. The van der Waals surface area contributed by atoms with Crippen molar-refractivity contribution in [1.29, 1.82) is 0 Å². The zero-order chi connectivity index (χ0) is 14.5. The Kier molecular flexibility index (Phi) is 4.84. The van der Waals surface area contributed by atoms with Crippen molar-refractivity contribution in [3.8, 4) is 5.75 Å². The Morgan fingerprint density at radius 1 is 1.40 bits per heavy atom. The third-order valence-electron chi connectivity index (χ3n) is 2.79. The molecule has 0 fully saturated rings. The number of aryl methyl sites for hydroxylation is 1. The van der Waals surface area contributed by atoms with E-state index in [0.717, 1.165) is 10.2 Å². The third kappa shape index (κ3) is 4.13. The maximum atomic E-state index is 11.9. The number of hydrogen-bond acceptors (Lipinski definition) is 2. The Bertz CT molecular complexity index is 578. The summed E-state index contributed by atoms with van der Waals surface area (Å²) in [7, 11) is 0. The van der Waals surface area contributed by atoms with Crippen molar-refractivity contribution in [1.82, 2.24) is 10.3 Å². The summed E-state index contributed by atoms with van der Waals surface area (Å²) >= 11 is 3.30. The summed E-state index contributed by atoms with van der Waals surface area (Å²) in [6, 6.07) is 9.50. The minimum absolute atomic E-state index is 0.0779. The van der Waals surface area contributed by atoms with E-state index >= 15 is 0 Å². The lowest BCUT2D eigenvalue weighted by Gasteiger charge is -2.14. The van der Waals surface area contributed by atoms with Crippen LogP contribution in [0.15, 0.2) is 41.0 Å². The molecule has 2 N–H and O–H groups in total. The minimum Gasteiger partial charge on any atom is -0.491 e. The fraction of sp³-hybridized carbons (Fsp3) is 0.267. The molecule has 0 saturated carbocycles. The van der Waals surface area contributed by atoms with E-state index in [1.165, 1.54) is 5.56 Å². The van der Waals surface area contributed by atoms with Crippen LogP contribution in [-0.4, -0.2) is 23.5 Å². The number of amides is 1. The summed E-state index contributed by atoms with van der Waals surface area (Å²) in [6.07, 6.45) is 1.72. The predicted octanol–water partition coefficient (Wildman–Crippen LogP) is 3.28. The van der Waals surface area contributed by atoms with Gasteiger partial charge in [-0.2, -0.15) is 0 Å². The molecule has 2 rings (SSSR count). The largest absolute Gasteiger partial charge is 0.491 e. The molecule has 1 atom stereocenters. The molecule has 106 valence electrons. The van der Waals surface area contributed by atoms with Crippen LogP contribution >= 0.6 is 15.9 Å². The van der Waals surface area contributed by atoms with Crippen LogP contribution in [0.25, 0.3) is 0 Å². The van der Waals surface area contributed by atoms with Crippen molar-refractivity contribution < 1.29 is 9.53 Å². The monoisotopic (exact) mass is 336 g/mol. The number of nitrogens with one attached hydrogen (secondary N) is 2. The third-order valence-corrected chi connectivity index (χ3v) is 3.25. The van der Waals surface area contributed by atoms with Gasteiger partial charge >= 0.3 is 0 Å². The molecule has 2 aromatic rings. The SMILES string of the molecule is Cc1ccc(OCC(C)NC(=O)c2cc(Br)c[nH]2)cc1. The van der Waals surface area contributed by atoms with Gasteiger partial charge in [0, 0.05) is 10.7 Å². The number of carbonyl (C=O) groups excluding carboxylic acids is 1. The van der Waals surface area contributed by atoms with Crippen LogP contribution in [0, 0.1) is 6.92 Å². The van der Waals surface area contributed by atoms with Crippen molar-refractivity contribution in [2.75, 3.05) is 6.61 Å². The average molecular weight is 337 g/mol. The Morgan fingerprint density at radius 2 is 2.10 bits per heavy atom. The zero-order valence-electron chi connectivity index (χ0n) is 11.4. The van der Waals surface area contributed by atoms with Gasteiger partial charge in [-0.1, -0.05) is 17.7 Å². The second-order valence-electron chi connectivity index (χ2n) is 4.73. The van der Waals surface area contributed by atoms with Gasteiger partial charge in [0.1, 0.15) is 18.1 Å². The Balaban J connectivity index is 1.82. The van der Waals surface area contributed by atoms with Gasteiger partial charge in [0.25, 0.3) is 5.91 Å². The number of ether oxygens (including phenoxy) is 1. The lowest BCUT2D eigenvalue weighted by molar-refractivity contribution is 0.0922. The van der Waals surface area contributed by atoms with Crippen LogP contribution in [0.1, 0.15) is 23.0 Å². The highest BCUT2D eigenvalue weighted by molar-refractivity contribution is 9.10. The van der Waals surface area contributed by atoms with E-state index in [0.29, 0.717) is 12.3 Å². The number of benzene rings is 1. The lowest BCUT2D eigenvalue weighted by Crippen LogP contribution is -2.36. The highest BCUT2D eigenvalue weighted by Crippen LogP contribution is 2.12. The number of halogens is 1. The summed E-state index contributed by atoms with van der Waals surface area (Å²) < 4.78 is 6.48. The maximum absolute atomic E-state index is 11.9. The van der Waals surface area contributed by atoms with Gasteiger partial charge in [-0.15, -0.1) is 0 Å². The molecule has 5 heteroatoms. The summed E-state index contributed by atoms with van der Waals surface area (Å²) in [4.78, 5) is 14.8. The van der Waals surface area contributed by atoms with Crippen molar-refractivity contribution in [2.45, 2.75) is 19.9 Å². The average Bonchev–Trinajstić information content (AvgIpc) is 2.85. The molecule has 0 spiro atoms. The van der Waals surface area contributed by atoms with E-state index in [-0.39, 0.29) is 11.9 Å². The molecule has 1 heterocycles. The molecule has 1 aromatic carbocycles.